The average Bonchev–Trinajstić information content (AvgIpc) is 3.61. The van der Waals surface area contributed by atoms with Crippen LogP contribution in [0.25, 0.3) is 0 Å². The largest absolute Gasteiger partial charge is 0.367 e. The molecule has 5 heteroatoms. The molecule has 2 rings (SSSR count). The van der Waals surface area contributed by atoms with Gasteiger partial charge in [-0.2, -0.15) is 0 Å². The van der Waals surface area contributed by atoms with E-state index in [9.17, 15) is 0 Å². The first-order valence-electron chi connectivity index (χ1n) is 21.8. The molecule has 0 aromatic heterocycles. The average molecular weight is 713 g/mol. The van der Waals surface area contributed by atoms with Gasteiger partial charge in [-0.1, -0.05) is 133 Å². The zero-order valence-electron chi connectivity index (χ0n) is 34.6. The molecule has 1 unspecified atom stereocenters. The molecule has 0 aromatic carbocycles. The minimum absolute atomic E-state index is 0.0277. The Morgan fingerprint density at radius 2 is 0.765 bits per heavy atom. The van der Waals surface area contributed by atoms with Crippen molar-refractivity contribution in [2.75, 3.05) is 41.3 Å². The van der Waals surface area contributed by atoms with Crippen LogP contribution in [0, 0.1) is 0 Å². The van der Waals surface area contributed by atoms with Crippen LogP contribution in [0.5, 0.6) is 0 Å². The molecule has 0 bridgehead atoms. The van der Waals surface area contributed by atoms with E-state index in [1.807, 2.05) is 0 Å². The van der Waals surface area contributed by atoms with E-state index in [0.717, 1.165) is 38.8 Å². The van der Waals surface area contributed by atoms with Gasteiger partial charge in [0.05, 0.1) is 12.2 Å². The minimum atomic E-state index is -0.448. The number of ether oxygens (including phenoxy) is 3. The minimum Gasteiger partial charge on any atom is -0.367 e. The summed E-state index contributed by atoms with van der Waals surface area (Å²) in [6, 6.07) is 0. The molecule has 5 atom stereocenters. The number of fused-ring (bicyclic) bond motifs is 1. The third-order valence-corrected chi connectivity index (χ3v) is 10.5. The topological polar surface area (TPSA) is 34.2 Å². The molecule has 0 saturated carbocycles. The van der Waals surface area contributed by atoms with Gasteiger partial charge in [-0.25, -0.2) is 0 Å². The van der Waals surface area contributed by atoms with Gasteiger partial charge >= 0.3 is 0 Å². The highest BCUT2D eigenvalue weighted by Crippen LogP contribution is 2.44. The van der Waals surface area contributed by atoms with Crippen LogP contribution in [0.15, 0.2) is 48.6 Å². The lowest BCUT2D eigenvalue weighted by molar-refractivity contribution is -0.219. The van der Waals surface area contributed by atoms with E-state index in [0.29, 0.717) is 0 Å². The SMILES string of the molecule is CCCCC/C=C\C/C=C\CCCCCCCCC1(CCCCCCC/C=C/C/C=C\CCCCC)O[C@H]2[C@H](O1)[C@@H](CN(C)C)O[C@H]2CN(C)C. The van der Waals surface area contributed by atoms with E-state index in [4.69, 9.17) is 14.2 Å². The molecule has 51 heavy (non-hydrogen) atoms. The molecule has 2 aliphatic heterocycles. The van der Waals surface area contributed by atoms with Crippen molar-refractivity contribution in [1.29, 1.82) is 0 Å². The second-order valence-corrected chi connectivity index (χ2v) is 16.1. The Hall–Kier alpha value is -1.24. The lowest BCUT2D eigenvalue weighted by Gasteiger charge is -2.32. The Balaban J connectivity index is 1.74. The smallest absolute Gasteiger partial charge is 0.169 e. The second-order valence-electron chi connectivity index (χ2n) is 16.1. The van der Waals surface area contributed by atoms with Crippen molar-refractivity contribution in [2.45, 2.75) is 205 Å². The maximum atomic E-state index is 7.02. The van der Waals surface area contributed by atoms with E-state index in [-0.39, 0.29) is 24.4 Å². The van der Waals surface area contributed by atoms with Gasteiger partial charge < -0.3 is 24.0 Å². The van der Waals surface area contributed by atoms with Gasteiger partial charge in [0.25, 0.3) is 0 Å². The Kier molecular flexibility index (Phi) is 27.1. The summed E-state index contributed by atoms with van der Waals surface area (Å²) in [7, 11) is 8.53. The van der Waals surface area contributed by atoms with Gasteiger partial charge in [0.15, 0.2) is 5.79 Å². The summed E-state index contributed by atoms with van der Waals surface area (Å²) in [4.78, 5) is 4.46. The van der Waals surface area contributed by atoms with Crippen LogP contribution in [-0.2, 0) is 14.2 Å². The summed E-state index contributed by atoms with van der Waals surface area (Å²) in [6.07, 6.45) is 50.2. The Labute approximate surface area is 317 Å². The maximum Gasteiger partial charge on any atom is 0.169 e. The van der Waals surface area contributed by atoms with E-state index in [1.54, 1.807) is 0 Å². The van der Waals surface area contributed by atoms with Gasteiger partial charge in [-0.05, 0) is 105 Å². The Morgan fingerprint density at radius 3 is 1.12 bits per heavy atom. The molecule has 2 aliphatic rings. The number of nitrogens with zero attached hydrogens (tertiary/aromatic N) is 2. The van der Waals surface area contributed by atoms with Crippen molar-refractivity contribution in [1.82, 2.24) is 9.80 Å². The Bertz CT molecular complexity index is 901. The summed E-state index contributed by atoms with van der Waals surface area (Å²) in [5, 5.41) is 0. The van der Waals surface area contributed by atoms with Gasteiger partial charge in [-0.15, -0.1) is 0 Å². The first-order valence-corrected chi connectivity index (χ1v) is 21.8. The molecular formula is C46H84N2O3. The summed E-state index contributed by atoms with van der Waals surface area (Å²) in [5.41, 5.74) is 0. The van der Waals surface area contributed by atoms with Crippen LogP contribution in [0.3, 0.4) is 0 Å². The van der Waals surface area contributed by atoms with Crippen LogP contribution < -0.4 is 0 Å². The quantitative estimate of drug-likeness (QED) is 0.0500. The normalized spacial score (nSPS) is 23.9. The summed E-state index contributed by atoms with van der Waals surface area (Å²) < 4.78 is 20.6. The third-order valence-electron chi connectivity index (χ3n) is 10.5. The molecule has 2 heterocycles. The van der Waals surface area contributed by atoms with Crippen molar-refractivity contribution >= 4 is 0 Å². The molecule has 2 saturated heterocycles. The van der Waals surface area contributed by atoms with Crippen molar-refractivity contribution < 1.29 is 14.2 Å². The Morgan fingerprint density at radius 1 is 0.431 bits per heavy atom. The number of likely N-dealkylation sites (N-methyl/N-ethyl adjacent to an activating group) is 2. The fourth-order valence-electron chi connectivity index (χ4n) is 7.57. The molecule has 2 fully saturated rings. The lowest BCUT2D eigenvalue weighted by Crippen LogP contribution is -2.39. The highest BCUT2D eigenvalue weighted by atomic mass is 16.8. The van der Waals surface area contributed by atoms with Crippen molar-refractivity contribution in [3.63, 3.8) is 0 Å². The predicted octanol–water partition coefficient (Wildman–Crippen LogP) is 12.4. The van der Waals surface area contributed by atoms with Crippen molar-refractivity contribution in [2.24, 2.45) is 0 Å². The monoisotopic (exact) mass is 713 g/mol. The number of allylic oxidation sites excluding steroid dienone is 8. The number of hydrogen-bond donors (Lipinski definition) is 0. The maximum absolute atomic E-state index is 7.02. The van der Waals surface area contributed by atoms with Crippen molar-refractivity contribution in [3.05, 3.63) is 48.6 Å². The third kappa shape index (κ3) is 21.9. The molecule has 0 N–H and O–H groups in total. The van der Waals surface area contributed by atoms with Gasteiger partial charge in [-0.3, -0.25) is 0 Å². The summed E-state index contributed by atoms with van der Waals surface area (Å²) in [5.74, 6) is -0.448. The molecule has 296 valence electrons. The van der Waals surface area contributed by atoms with Crippen LogP contribution in [-0.4, -0.2) is 81.3 Å². The molecular weight excluding hydrogens is 629 g/mol. The van der Waals surface area contributed by atoms with Crippen LogP contribution in [0.4, 0.5) is 0 Å². The molecule has 0 radical (unpaired) electrons. The zero-order valence-corrected chi connectivity index (χ0v) is 34.6. The van der Waals surface area contributed by atoms with E-state index in [2.05, 4.69) is 100 Å². The molecule has 5 nitrogen and oxygen atoms in total. The number of rotatable bonds is 33. The fraction of sp³-hybridized carbons (Fsp3) is 0.826. The fourth-order valence-corrected chi connectivity index (χ4v) is 7.57. The second kappa shape index (κ2) is 30.1. The van der Waals surface area contributed by atoms with E-state index >= 15 is 0 Å². The van der Waals surface area contributed by atoms with E-state index < -0.39 is 5.79 Å². The number of unbranched alkanes of at least 4 members (excludes halogenated alkanes) is 17. The first kappa shape index (κ1) is 45.9. The van der Waals surface area contributed by atoms with Crippen LogP contribution in [0.1, 0.15) is 174 Å². The van der Waals surface area contributed by atoms with E-state index in [1.165, 1.54) is 135 Å². The standard InChI is InChI=1S/C46H84N2O3/c1-7-9-11-13-15-17-19-21-23-25-27-29-31-33-35-37-39-46(38-36-34-32-30-28-26-24-22-20-18-16-14-12-10-8-2)50-44-42(40-47(3)4)49-43(41-48(5)6)45(44)51-46/h15-18,21-24,42-45H,7-14,19-20,25-41H2,1-6H3/b17-15-,18-16-,23-21-,24-22+/t42-,43+,44-,45-,46?/m1/s1. The lowest BCUT2D eigenvalue weighted by atomic mass is 9.98. The van der Waals surface area contributed by atoms with Gasteiger partial charge in [0.2, 0.25) is 0 Å². The highest BCUT2D eigenvalue weighted by molar-refractivity contribution is 5.01. The first-order chi connectivity index (χ1) is 24.9. The molecule has 0 spiro atoms. The molecule has 0 aliphatic carbocycles. The van der Waals surface area contributed by atoms with Crippen LogP contribution in [0.2, 0.25) is 0 Å². The van der Waals surface area contributed by atoms with Gasteiger partial charge in [0.1, 0.15) is 12.2 Å². The van der Waals surface area contributed by atoms with Crippen molar-refractivity contribution in [3.8, 4) is 0 Å². The van der Waals surface area contributed by atoms with Gasteiger partial charge in [0, 0.05) is 25.9 Å². The summed E-state index contributed by atoms with van der Waals surface area (Å²) >= 11 is 0. The molecule has 0 amide bonds. The van der Waals surface area contributed by atoms with Crippen LogP contribution >= 0.6 is 0 Å². The zero-order chi connectivity index (χ0) is 36.8. The number of hydrogen-bond acceptors (Lipinski definition) is 5. The summed E-state index contributed by atoms with van der Waals surface area (Å²) in [6.45, 7) is 6.29. The highest BCUT2D eigenvalue weighted by Gasteiger charge is 2.57. The predicted molar refractivity (Wildman–Crippen MR) is 222 cm³/mol. The molecule has 0 aromatic rings.